The van der Waals surface area contributed by atoms with Crippen LogP contribution in [0.5, 0.6) is 0 Å². The highest BCUT2D eigenvalue weighted by atomic mass is 32.1. The molecule has 1 rings (SSSR count). The largest absolute Gasteiger partial charge is 0.352 e. The summed E-state index contributed by atoms with van der Waals surface area (Å²) in [6, 6.07) is -0.741. The number of likely N-dealkylation sites (N-methyl/N-ethyl adjacent to an activating group) is 1. The molecular weight excluding hydrogens is 386 g/mol. The van der Waals surface area contributed by atoms with Crippen molar-refractivity contribution in [1.82, 2.24) is 26.2 Å². The maximum atomic E-state index is 12.7. The predicted octanol–water partition coefficient (Wildman–Crippen LogP) is -0.376. The standard InChI is InChI=1S/C17H29N5O3S2/c1-3-19-16(24)12-5-4-8-22(2)15(12)21-17(25)13(6-9-26)20-14(23)11-18-7-10-27/h4,8,13,18,26-27H,3,5-7,9-11H2,1-2H3,(H,19,24)(H,20,23)(H,21,25)/t13-/m0/s1. The van der Waals surface area contributed by atoms with E-state index in [9.17, 15) is 14.4 Å². The smallest absolute Gasteiger partial charge is 0.251 e. The molecule has 0 aliphatic carbocycles. The Morgan fingerprint density at radius 1 is 1.26 bits per heavy atom. The first-order valence-corrected chi connectivity index (χ1v) is 10.1. The molecule has 4 N–H and O–H groups in total. The average Bonchev–Trinajstić information content (AvgIpc) is 2.63. The molecule has 3 amide bonds. The van der Waals surface area contributed by atoms with Gasteiger partial charge in [0.05, 0.1) is 12.1 Å². The number of nitrogens with zero attached hydrogens (tertiary/aromatic N) is 1. The zero-order chi connectivity index (χ0) is 20.2. The van der Waals surface area contributed by atoms with Gasteiger partial charge in [-0.15, -0.1) is 0 Å². The molecular formula is C17H29N5O3S2. The van der Waals surface area contributed by atoms with E-state index in [0.29, 0.717) is 48.8 Å². The van der Waals surface area contributed by atoms with Crippen molar-refractivity contribution in [3.05, 3.63) is 23.7 Å². The van der Waals surface area contributed by atoms with Crippen molar-refractivity contribution in [3.8, 4) is 0 Å². The number of hydrogen-bond donors (Lipinski definition) is 6. The Balaban J connectivity index is 2.85. The van der Waals surface area contributed by atoms with Crippen LogP contribution in [-0.4, -0.2) is 66.9 Å². The van der Waals surface area contributed by atoms with Gasteiger partial charge in [0.2, 0.25) is 11.8 Å². The maximum absolute atomic E-state index is 12.7. The number of nitrogens with one attached hydrogen (secondary N) is 4. The van der Waals surface area contributed by atoms with Gasteiger partial charge in [-0.05, 0) is 19.1 Å². The number of rotatable bonds is 11. The van der Waals surface area contributed by atoms with E-state index >= 15 is 0 Å². The third-order valence-corrected chi connectivity index (χ3v) is 4.27. The van der Waals surface area contributed by atoms with Crippen molar-refractivity contribution in [1.29, 1.82) is 0 Å². The molecule has 1 aliphatic heterocycles. The van der Waals surface area contributed by atoms with Crippen molar-refractivity contribution >= 4 is 43.0 Å². The Hall–Kier alpha value is -1.65. The molecule has 0 saturated carbocycles. The second kappa shape index (κ2) is 12.7. The minimum atomic E-state index is -0.741. The predicted molar refractivity (Wildman–Crippen MR) is 112 cm³/mol. The monoisotopic (exact) mass is 415 g/mol. The fourth-order valence-corrected chi connectivity index (χ4v) is 2.89. The van der Waals surface area contributed by atoms with Crippen molar-refractivity contribution in [3.63, 3.8) is 0 Å². The number of amides is 3. The first kappa shape index (κ1) is 23.4. The van der Waals surface area contributed by atoms with Crippen molar-refractivity contribution in [2.75, 3.05) is 38.2 Å². The van der Waals surface area contributed by atoms with Crippen LogP contribution >= 0.6 is 25.3 Å². The summed E-state index contributed by atoms with van der Waals surface area (Å²) in [5.41, 5.74) is 0.474. The molecule has 0 saturated heterocycles. The third-order valence-electron chi connectivity index (χ3n) is 3.79. The van der Waals surface area contributed by atoms with Gasteiger partial charge in [0.15, 0.2) is 0 Å². The average molecular weight is 416 g/mol. The van der Waals surface area contributed by atoms with Gasteiger partial charge in [-0.2, -0.15) is 25.3 Å². The fraction of sp³-hybridized carbons (Fsp3) is 0.588. The minimum Gasteiger partial charge on any atom is -0.352 e. The molecule has 10 heteroatoms. The highest BCUT2D eigenvalue weighted by Gasteiger charge is 2.25. The summed E-state index contributed by atoms with van der Waals surface area (Å²) in [6.07, 6.45) is 4.42. The number of carbonyl (C=O) groups excluding carboxylic acids is 3. The van der Waals surface area contributed by atoms with Crippen LogP contribution in [0.25, 0.3) is 0 Å². The van der Waals surface area contributed by atoms with E-state index in [0.717, 1.165) is 0 Å². The molecule has 0 fully saturated rings. The van der Waals surface area contributed by atoms with Crippen LogP contribution < -0.4 is 21.3 Å². The summed E-state index contributed by atoms with van der Waals surface area (Å²) in [5, 5.41) is 11.2. The molecule has 152 valence electrons. The quantitative estimate of drug-likeness (QED) is 0.204. The molecule has 0 bridgehead atoms. The van der Waals surface area contributed by atoms with Gasteiger partial charge in [-0.3, -0.25) is 14.4 Å². The molecule has 0 aromatic heterocycles. The van der Waals surface area contributed by atoms with Gasteiger partial charge in [0, 0.05) is 38.5 Å². The summed E-state index contributed by atoms with van der Waals surface area (Å²) in [4.78, 5) is 38.7. The van der Waals surface area contributed by atoms with Gasteiger partial charge in [0.25, 0.3) is 5.91 Å². The van der Waals surface area contributed by atoms with Crippen molar-refractivity contribution < 1.29 is 14.4 Å². The van der Waals surface area contributed by atoms with Crippen LogP contribution in [0, 0.1) is 0 Å². The lowest BCUT2D eigenvalue weighted by Gasteiger charge is -2.27. The molecule has 0 spiro atoms. The molecule has 27 heavy (non-hydrogen) atoms. The molecule has 0 aromatic rings. The van der Waals surface area contributed by atoms with Gasteiger partial charge in [0.1, 0.15) is 11.9 Å². The molecule has 0 radical (unpaired) electrons. The van der Waals surface area contributed by atoms with Crippen molar-refractivity contribution in [2.45, 2.75) is 25.8 Å². The summed E-state index contributed by atoms with van der Waals surface area (Å²) in [6.45, 7) is 3.03. The van der Waals surface area contributed by atoms with Crippen LogP contribution in [0.3, 0.4) is 0 Å². The Morgan fingerprint density at radius 3 is 2.63 bits per heavy atom. The third kappa shape index (κ3) is 7.86. The molecule has 1 atom stereocenters. The van der Waals surface area contributed by atoms with E-state index < -0.39 is 6.04 Å². The zero-order valence-corrected chi connectivity index (χ0v) is 17.5. The van der Waals surface area contributed by atoms with Crippen LogP contribution in [-0.2, 0) is 14.4 Å². The molecule has 8 nitrogen and oxygen atoms in total. The number of carbonyl (C=O) groups is 3. The Labute approximate surface area is 171 Å². The number of hydrogen-bond acceptors (Lipinski definition) is 7. The lowest BCUT2D eigenvalue weighted by Crippen LogP contribution is -2.50. The van der Waals surface area contributed by atoms with Crippen LogP contribution in [0.4, 0.5) is 0 Å². The molecule has 0 aromatic carbocycles. The Kier molecular flexibility index (Phi) is 11.0. The summed E-state index contributed by atoms with van der Waals surface area (Å²) in [5.74, 6) is 0.569. The topological polar surface area (TPSA) is 103 Å². The van der Waals surface area contributed by atoms with E-state index in [-0.39, 0.29) is 24.3 Å². The number of thiol groups is 2. The van der Waals surface area contributed by atoms with Crippen LogP contribution in [0.1, 0.15) is 19.8 Å². The number of allylic oxidation sites excluding steroid dienone is 1. The Morgan fingerprint density at radius 2 is 2.00 bits per heavy atom. The van der Waals surface area contributed by atoms with E-state index in [1.165, 1.54) is 0 Å². The second-order valence-corrected chi connectivity index (χ2v) is 6.80. The first-order valence-electron chi connectivity index (χ1n) is 8.88. The minimum absolute atomic E-state index is 0.104. The SMILES string of the molecule is CCNC(=O)C1=C(NC(=O)[C@H](CCS)NC(=O)CNCCS)N(C)C=CC1. The maximum Gasteiger partial charge on any atom is 0.251 e. The van der Waals surface area contributed by atoms with Gasteiger partial charge < -0.3 is 26.2 Å². The van der Waals surface area contributed by atoms with E-state index in [2.05, 4.69) is 46.5 Å². The fourth-order valence-electron chi connectivity index (χ4n) is 2.47. The van der Waals surface area contributed by atoms with Crippen LogP contribution in [0.15, 0.2) is 23.7 Å². The molecule has 1 aliphatic rings. The summed E-state index contributed by atoms with van der Waals surface area (Å²) in [7, 11) is 1.75. The normalized spacial score (nSPS) is 14.7. The van der Waals surface area contributed by atoms with Gasteiger partial charge in [-0.25, -0.2) is 0 Å². The van der Waals surface area contributed by atoms with Gasteiger partial charge in [-0.1, -0.05) is 6.08 Å². The molecule has 0 unspecified atom stereocenters. The van der Waals surface area contributed by atoms with E-state index in [1.807, 2.05) is 13.0 Å². The zero-order valence-electron chi connectivity index (χ0n) is 15.7. The highest BCUT2D eigenvalue weighted by Crippen LogP contribution is 2.17. The second-order valence-electron chi connectivity index (χ2n) is 5.91. The Bertz CT molecular complexity index is 595. The van der Waals surface area contributed by atoms with Crippen molar-refractivity contribution in [2.24, 2.45) is 0 Å². The van der Waals surface area contributed by atoms with Gasteiger partial charge >= 0.3 is 0 Å². The van der Waals surface area contributed by atoms with Crippen LogP contribution in [0.2, 0.25) is 0 Å². The summed E-state index contributed by atoms with van der Waals surface area (Å²) >= 11 is 8.23. The lowest BCUT2D eigenvalue weighted by molar-refractivity contribution is -0.128. The first-order chi connectivity index (χ1) is 12.9. The van der Waals surface area contributed by atoms with E-state index in [4.69, 9.17) is 0 Å². The molecule has 1 heterocycles. The highest BCUT2D eigenvalue weighted by molar-refractivity contribution is 7.80. The lowest BCUT2D eigenvalue weighted by atomic mass is 10.1. The summed E-state index contributed by atoms with van der Waals surface area (Å²) < 4.78 is 0. The van der Waals surface area contributed by atoms with E-state index in [1.54, 1.807) is 18.1 Å².